The zero-order chi connectivity index (χ0) is 23.9. The predicted molar refractivity (Wildman–Crippen MR) is 137 cm³/mol. The number of carbonyl (C=O) groups excluding carboxylic acids is 2. The highest BCUT2D eigenvalue weighted by Crippen LogP contribution is 2.44. The Morgan fingerprint density at radius 1 is 0.618 bits per heavy atom. The predicted octanol–water partition coefficient (Wildman–Crippen LogP) is 4.96. The number of hydrogen-bond acceptors (Lipinski definition) is 8. The molecule has 0 fully saturated rings. The van der Waals surface area contributed by atoms with Crippen LogP contribution in [0.3, 0.4) is 0 Å². The molecule has 6 N–H and O–H groups in total. The van der Waals surface area contributed by atoms with Crippen LogP contribution in [0.4, 0.5) is 23.0 Å². The van der Waals surface area contributed by atoms with Gasteiger partial charge in [0.1, 0.15) is 11.6 Å². The third-order valence-corrected chi connectivity index (χ3v) is 7.10. The van der Waals surface area contributed by atoms with E-state index in [2.05, 4.69) is 20.6 Å². The third-order valence-electron chi connectivity index (χ3n) is 4.62. The lowest BCUT2D eigenvalue weighted by Gasteiger charge is -2.13. The number of pyridine rings is 2. The van der Waals surface area contributed by atoms with Gasteiger partial charge in [-0.2, -0.15) is 0 Å². The van der Waals surface area contributed by atoms with Gasteiger partial charge in [-0.1, -0.05) is 45.9 Å². The summed E-state index contributed by atoms with van der Waals surface area (Å²) in [6.45, 7) is 0. The number of anilines is 4. The van der Waals surface area contributed by atoms with E-state index in [0.29, 0.717) is 22.8 Å². The first-order chi connectivity index (χ1) is 16.5. The molecule has 0 aliphatic heterocycles. The summed E-state index contributed by atoms with van der Waals surface area (Å²) in [6.07, 6.45) is 2.89. The molecular weight excluding hydrogens is 468 g/mol. The maximum Gasteiger partial charge on any atom is 0.250 e. The van der Waals surface area contributed by atoms with E-state index in [1.165, 1.54) is 12.4 Å². The standard InChI is InChI=1S/C24H20N6O2S2/c25-23(31)15-9-11-21(27-13-15)29-17-5-1-3-7-19(17)33-34-20-8-4-2-6-18(20)30-22-12-10-16(14-28-22)24(26)32/h1-14H,(H2,25,31)(H2,26,32)(H,27,29)(H,28,30). The summed E-state index contributed by atoms with van der Waals surface area (Å²) in [7, 11) is 3.18. The number of para-hydroxylation sites is 2. The van der Waals surface area contributed by atoms with Gasteiger partial charge in [0.25, 0.3) is 0 Å². The molecule has 10 heteroatoms. The fourth-order valence-corrected chi connectivity index (χ4v) is 5.15. The molecule has 170 valence electrons. The SMILES string of the molecule is NC(=O)c1ccc(Nc2ccccc2SSc2ccccc2Nc2ccc(C(N)=O)cn2)nc1. The average molecular weight is 489 g/mol. The summed E-state index contributed by atoms with van der Waals surface area (Å²) in [5.41, 5.74) is 13.0. The molecule has 2 aromatic heterocycles. The first-order valence-electron chi connectivity index (χ1n) is 10.1. The second-order valence-corrected chi connectivity index (χ2v) is 9.21. The molecule has 0 radical (unpaired) electrons. The minimum absolute atomic E-state index is 0.353. The fourth-order valence-electron chi connectivity index (χ4n) is 2.88. The van der Waals surface area contributed by atoms with Crippen molar-refractivity contribution in [1.82, 2.24) is 9.97 Å². The Bertz CT molecular complexity index is 1210. The highest BCUT2D eigenvalue weighted by molar-refractivity contribution is 8.76. The van der Waals surface area contributed by atoms with Gasteiger partial charge < -0.3 is 22.1 Å². The Labute approximate surface area is 204 Å². The van der Waals surface area contributed by atoms with Crippen LogP contribution in [0.15, 0.2) is 95.0 Å². The van der Waals surface area contributed by atoms with Crippen LogP contribution in [-0.4, -0.2) is 21.8 Å². The molecule has 4 aromatic rings. The zero-order valence-electron chi connectivity index (χ0n) is 17.8. The molecule has 0 bridgehead atoms. The first kappa shape index (κ1) is 23.1. The van der Waals surface area contributed by atoms with Crippen LogP contribution in [0.2, 0.25) is 0 Å². The van der Waals surface area contributed by atoms with E-state index < -0.39 is 11.8 Å². The molecule has 4 rings (SSSR count). The molecule has 0 aliphatic rings. The number of nitrogens with one attached hydrogen (secondary N) is 2. The Balaban J connectivity index is 1.47. The molecule has 2 aromatic carbocycles. The van der Waals surface area contributed by atoms with Gasteiger partial charge in [0.05, 0.1) is 22.5 Å². The van der Waals surface area contributed by atoms with E-state index in [-0.39, 0.29) is 0 Å². The molecule has 0 aliphatic carbocycles. The highest BCUT2D eigenvalue weighted by Gasteiger charge is 2.10. The number of rotatable bonds is 9. The second kappa shape index (κ2) is 10.7. The topological polar surface area (TPSA) is 136 Å². The van der Waals surface area contributed by atoms with Crippen LogP contribution >= 0.6 is 21.6 Å². The Morgan fingerprint density at radius 2 is 1.03 bits per heavy atom. The van der Waals surface area contributed by atoms with Gasteiger partial charge in [-0.25, -0.2) is 9.97 Å². The monoisotopic (exact) mass is 488 g/mol. The van der Waals surface area contributed by atoms with Crippen molar-refractivity contribution in [3.05, 3.63) is 96.3 Å². The van der Waals surface area contributed by atoms with Crippen molar-refractivity contribution in [2.24, 2.45) is 11.5 Å². The first-order valence-corrected chi connectivity index (χ1v) is 12.2. The minimum Gasteiger partial charge on any atom is -0.366 e. The van der Waals surface area contributed by atoms with Gasteiger partial charge in [0, 0.05) is 22.2 Å². The summed E-state index contributed by atoms with van der Waals surface area (Å²) in [6, 6.07) is 22.4. The van der Waals surface area contributed by atoms with Crippen molar-refractivity contribution in [2.75, 3.05) is 10.6 Å². The van der Waals surface area contributed by atoms with Gasteiger partial charge in [-0.3, -0.25) is 9.59 Å². The quantitative estimate of drug-likeness (QED) is 0.243. The minimum atomic E-state index is -0.516. The number of hydrogen-bond donors (Lipinski definition) is 4. The summed E-state index contributed by atoms with van der Waals surface area (Å²) >= 11 is 0. The summed E-state index contributed by atoms with van der Waals surface area (Å²) < 4.78 is 0. The lowest BCUT2D eigenvalue weighted by molar-refractivity contribution is 0.0991. The number of primary amides is 2. The van der Waals surface area contributed by atoms with Crippen molar-refractivity contribution < 1.29 is 9.59 Å². The molecule has 0 spiro atoms. The molecule has 0 unspecified atom stereocenters. The maximum atomic E-state index is 11.3. The van der Waals surface area contributed by atoms with Crippen LogP contribution in [0.5, 0.6) is 0 Å². The van der Waals surface area contributed by atoms with Crippen molar-refractivity contribution >= 4 is 56.4 Å². The molecule has 0 atom stereocenters. The van der Waals surface area contributed by atoms with Gasteiger partial charge in [0.2, 0.25) is 11.8 Å². The van der Waals surface area contributed by atoms with E-state index in [1.54, 1.807) is 45.9 Å². The van der Waals surface area contributed by atoms with Crippen LogP contribution in [-0.2, 0) is 0 Å². The summed E-state index contributed by atoms with van der Waals surface area (Å²) in [4.78, 5) is 33.0. The number of benzene rings is 2. The zero-order valence-corrected chi connectivity index (χ0v) is 19.4. The van der Waals surface area contributed by atoms with Crippen molar-refractivity contribution in [1.29, 1.82) is 0 Å². The lowest BCUT2D eigenvalue weighted by Crippen LogP contribution is -2.11. The lowest BCUT2D eigenvalue weighted by atomic mass is 10.2. The van der Waals surface area contributed by atoms with Crippen LogP contribution in [0, 0.1) is 0 Å². The molecular formula is C24H20N6O2S2. The molecule has 2 heterocycles. The van der Waals surface area contributed by atoms with Crippen molar-refractivity contribution in [3.63, 3.8) is 0 Å². The molecule has 0 saturated heterocycles. The Morgan fingerprint density at radius 3 is 1.38 bits per heavy atom. The number of carbonyl (C=O) groups is 2. The van der Waals surface area contributed by atoms with E-state index >= 15 is 0 Å². The van der Waals surface area contributed by atoms with Gasteiger partial charge in [-0.05, 0) is 48.5 Å². The number of aromatic nitrogens is 2. The number of nitrogens with two attached hydrogens (primary N) is 2. The molecule has 2 amide bonds. The molecule has 8 nitrogen and oxygen atoms in total. The Kier molecular flexibility index (Phi) is 7.31. The van der Waals surface area contributed by atoms with E-state index in [1.807, 2.05) is 48.5 Å². The fraction of sp³-hybridized carbons (Fsp3) is 0. The smallest absolute Gasteiger partial charge is 0.250 e. The van der Waals surface area contributed by atoms with Crippen LogP contribution in [0.1, 0.15) is 20.7 Å². The second-order valence-electron chi connectivity index (χ2n) is 7.00. The van der Waals surface area contributed by atoms with E-state index in [4.69, 9.17) is 11.5 Å². The third kappa shape index (κ3) is 5.85. The average Bonchev–Trinajstić information content (AvgIpc) is 2.85. The number of amides is 2. The van der Waals surface area contributed by atoms with E-state index in [9.17, 15) is 9.59 Å². The van der Waals surface area contributed by atoms with Gasteiger partial charge >= 0.3 is 0 Å². The normalized spacial score (nSPS) is 10.5. The Hall–Kier alpha value is -4.02. The van der Waals surface area contributed by atoms with Crippen LogP contribution in [0.25, 0.3) is 0 Å². The highest BCUT2D eigenvalue weighted by atomic mass is 33.1. The molecule has 0 saturated carbocycles. The molecule has 34 heavy (non-hydrogen) atoms. The van der Waals surface area contributed by atoms with Crippen molar-refractivity contribution in [3.8, 4) is 0 Å². The van der Waals surface area contributed by atoms with E-state index in [0.717, 1.165) is 21.2 Å². The number of nitrogens with zero attached hydrogens (tertiary/aromatic N) is 2. The van der Waals surface area contributed by atoms with Crippen LogP contribution < -0.4 is 22.1 Å². The maximum absolute atomic E-state index is 11.3. The van der Waals surface area contributed by atoms with Crippen molar-refractivity contribution in [2.45, 2.75) is 9.79 Å². The van der Waals surface area contributed by atoms with Gasteiger partial charge in [0.15, 0.2) is 0 Å². The largest absolute Gasteiger partial charge is 0.366 e. The van der Waals surface area contributed by atoms with Gasteiger partial charge in [-0.15, -0.1) is 0 Å². The summed E-state index contributed by atoms with van der Waals surface area (Å²) in [5, 5.41) is 6.57. The summed E-state index contributed by atoms with van der Waals surface area (Å²) in [5.74, 6) is 0.182.